The minimum atomic E-state index is 0.612. The first-order chi connectivity index (χ1) is 9.86. The van der Waals surface area contributed by atoms with Gasteiger partial charge >= 0.3 is 135 Å². The number of benzene rings is 2. The van der Waals surface area contributed by atoms with Crippen LogP contribution in [0.4, 0.5) is 0 Å². The van der Waals surface area contributed by atoms with Gasteiger partial charge in [-0.25, -0.2) is 0 Å². The van der Waals surface area contributed by atoms with Crippen LogP contribution >= 0.6 is 0 Å². The molecule has 1 fully saturated rings. The van der Waals surface area contributed by atoms with Crippen LogP contribution in [0.25, 0.3) is 0 Å². The molecule has 2 aromatic rings. The van der Waals surface area contributed by atoms with Crippen molar-refractivity contribution in [2.45, 2.75) is 35.3 Å². The maximum absolute atomic E-state index is 2.33. The van der Waals surface area contributed by atoms with Gasteiger partial charge in [-0.3, -0.25) is 0 Å². The van der Waals surface area contributed by atoms with E-state index in [9.17, 15) is 0 Å². The number of rotatable bonds is 4. The molecule has 20 heavy (non-hydrogen) atoms. The third-order valence-electron chi connectivity index (χ3n) is 3.71. The van der Waals surface area contributed by atoms with Crippen molar-refractivity contribution in [3.05, 3.63) is 60.7 Å². The summed E-state index contributed by atoms with van der Waals surface area (Å²) in [6, 6.07) is 22.4. The zero-order valence-electron chi connectivity index (χ0n) is 11.6. The van der Waals surface area contributed by atoms with Crippen LogP contribution < -0.4 is 8.92 Å². The van der Waals surface area contributed by atoms with E-state index in [0.717, 1.165) is 0 Å². The van der Waals surface area contributed by atoms with Crippen molar-refractivity contribution in [1.29, 1.82) is 0 Å². The molecule has 2 aromatic carbocycles. The molecule has 0 N–H and O–H groups in total. The van der Waals surface area contributed by atoms with E-state index in [-0.39, 0.29) is 0 Å². The van der Waals surface area contributed by atoms with E-state index in [1.807, 2.05) is 0 Å². The average Bonchev–Trinajstić information content (AvgIpc) is 2.50. The predicted molar refractivity (Wildman–Crippen MR) is 89.4 cm³/mol. The molecule has 0 amide bonds. The van der Waals surface area contributed by atoms with E-state index in [1.165, 1.54) is 32.1 Å². The van der Waals surface area contributed by atoms with Gasteiger partial charge in [-0.2, -0.15) is 0 Å². The van der Waals surface area contributed by atoms with Crippen molar-refractivity contribution in [2.75, 3.05) is 0 Å². The van der Waals surface area contributed by atoms with Gasteiger partial charge in [-0.15, -0.1) is 0 Å². The van der Waals surface area contributed by atoms with Crippen molar-refractivity contribution in [2.24, 2.45) is 0 Å². The number of hydrogen-bond acceptors (Lipinski definition) is 0. The van der Waals surface area contributed by atoms with Crippen molar-refractivity contribution in [3.8, 4) is 0 Å². The Bertz CT molecular complexity index is 472. The summed E-state index contributed by atoms with van der Waals surface area (Å²) in [7, 11) is 0. The molecule has 2 heteroatoms. The standard InChI is InChI=1S/C18H20Se2/c1-4-10-16(11-5-1)19-18(14-8-3-9-15-18)20-17-12-6-2-7-13-17/h1-2,4-7,10-13H,3,8-9,14-15H2. The maximum atomic E-state index is 2.33. The normalized spacial score (nSPS) is 17.8. The topological polar surface area (TPSA) is 0 Å². The Kier molecular flexibility index (Phi) is 5.02. The molecule has 1 aliphatic carbocycles. The van der Waals surface area contributed by atoms with Gasteiger partial charge in [0, 0.05) is 0 Å². The molecule has 0 heterocycles. The molecule has 0 atom stereocenters. The van der Waals surface area contributed by atoms with Crippen LogP contribution in [0.1, 0.15) is 32.1 Å². The van der Waals surface area contributed by atoms with E-state index in [2.05, 4.69) is 60.7 Å². The van der Waals surface area contributed by atoms with Gasteiger partial charge < -0.3 is 0 Å². The molecule has 0 nitrogen and oxygen atoms in total. The van der Waals surface area contributed by atoms with Crippen LogP contribution in [-0.4, -0.2) is 29.9 Å². The van der Waals surface area contributed by atoms with Crippen LogP contribution in [0.2, 0.25) is 3.21 Å². The average molecular weight is 394 g/mol. The molecule has 3 rings (SSSR count). The Hall–Kier alpha value is -0.521. The van der Waals surface area contributed by atoms with Gasteiger partial charge in [0.25, 0.3) is 0 Å². The van der Waals surface area contributed by atoms with Gasteiger partial charge in [-0.1, -0.05) is 0 Å². The minimum absolute atomic E-state index is 0.612. The Balaban J connectivity index is 1.81. The van der Waals surface area contributed by atoms with Crippen LogP contribution in [0.15, 0.2) is 60.7 Å². The summed E-state index contributed by atoms with van der Waals surface area (Å²) in [5.74, 6) is 0. The van der Waals surface area contributed by atoms with Crippen LogP contribution in [0.3, 0.4) is 0 Å². The Morgan fingerprint density at radius 2 is 1.05 bits per heavy atom. The van der Waals surface area contributed by atoms with Gasteiger partial charge in [0.15, 0.2) is 0 Å². The van der Waals surface area contributed by atoms with E-state index >= 15 is 0 Å². The Morgan fingerprint density at radius 1 is 0.600 bits per heavy atom. The summed E-state index contributed by atoms with van der Waals surface area (Å²) >= 11 is 1.23. The molecule has 0 unspecified atom stereocenters. The van der Waals surface area contributed by atoms with Crippen molar-refractivity contribution in [3.63, 3.8) is 0 Å². The molecule has 0 saturated heterocycles. The summed E-state index contributed by atoms with van der Waals surface area (Å²) in [4.78, 5) is 0. The third kappa shape index (κ3) is 3.77. The first kappa shape index (κ1) is 14.4. The molecular formula is C18H20Se2. The van der Waals surface area contributed by atoms with E-state index in [4.69, 9.17) is 0 Å². The summed E-state index contributed by atoms with van der Waals surface area (Å²) < 4.78 is 3.78. The van der Waals surface area contributed by atoms with E-state index in [0.29, 0.717) is 33.1 Å². The zero-order chi connectivity index (χ0) is 13.7. The van der Waals surface area contributed by atoms with Crippen LogP contribution in [-0.2, 0) is 0 Å². The monoisotopic (exact) mass is 396 g/mol. The molecular weight excluding hydrogens is 374 g/mol. The summed E-state index contributed by atoms with van der Waals surface area (Å²) in [5.41, 5.74) is 0. The van der Waals surface area contributed by atoms with E-state index < -0.39 is 0 Å². The van der Waals surface area contributed by atoms with Gasteiger partial charge in [0.1, 0.15) is 0 Å². The number of hydrogen-bond donors (Lipinski definition) is 0. The second-order valence-electron chi connectivity index (χ2n) is 5.30. The van der Waals surface area contributed by atoms with E-state index in [1.54, 1.807) is 8.92 Å². The zero-order valence-corrected chi connectivity index (χ0v) is 15.1. The summed E-state index contributed by atoms with van der Waals surface area (Å²) in [6.45, 7) is 0. The summed E-state index contributed by atoms with van der Waals surface area (Å²) in [6.07, 6.45) is 7.19. The molecule has 0 radical (unpaired) electrons. The molecule has 0 aromatic heterocycles. The molecule has 0 spiro atoms. The second kappa shape index (κ2) is 6.96. The molecule has 0 aliphatic heterocycles. The second-order valence-corrected chi connectivity index (χ2v) is 12.7. The van der Waals surface area contributed by atoms with Crippen LogP contribution in [0.5, 0.6) is 0 Å². The Morgan fingerprint density at radius 3 is 1.50 bits per heavy atom. The first-order valence-corrected chi connectivity index (χ1v) is 10.8. The third-order valence-corrected chi connectivity index (χ3v) is 10.9. The molecule has 0 bridgehead atoms. The van der Waals surface area contributed by atoms with Crippen molar-refractivity contribution < 1.29 is 0 Å². The van der Waals surface area contributed by atoms with Crippen LogP contribution in [0, 0.1) is 0 Å². The summed E-state index contributed by atoms with van der Waals surface area (Å²) in [5, 5.41) is 0. The SMILES string of the molecule is c1ccc([Se]C2([Se]c3ccccc3)CCCCC2)cc1. The van der Waals surface area contributed by atoms with Crippen molar-refractivity contribution >= 4 is 38.8 Å². The fourth-order valence-electron chi connectivity index (χ4n) is 2.72. The molecule has 1 saturated carbocycles. The quantitative estimate of drug-likeness (QED) is 0.700. The predicted octanol–water partition coefficient (Wildman–Crippen LogP) is 3.13. The van der Waals surface area contributed by atoms with Gasteiger partial charge in [0.05, 0.1) is 0 Å². The van der Waals surface area contributed by atoms with Gasteiger partial charge in [0.2, 0.25) is 0 Å². The fraction of sp³-hybridized carbons (Fsp3) is 0.333. The van der Waals surface area contributed by atoms with Gasteiger partial charge in [-0.05, 0) is 0 Å². The Labute approximate surface area is 134 Å². The fourth-order valence-corrected chi connectivity index (χ4v) is 10.5. The molecule has 104 valence electrons. The van der Waals surface area contributed by atoms with Crippen molar-refractivity contribution in [1.82, 2.24) is 0 Å². The first-order valence-electron chi connectivity index (χ1n) is 7.34. The molecule has 1 aliphatic rings.